The molecule has 3 rings (SSSR count). The molecule has 1 aromatic rings. The van der Waals surface area contributed by atoms with Gasteiger partial charge in [0, 0.05) is 12.8 Å². The lowest BCUT2D eigenvalue weighted by atomic mass is 9.83. The van der Waals surface area contributed by atoms with Crippen LogP contribution in [0.4, 0.5) is 14.9 Å². The Morgan fingerprint density at radius 1 is 1.18 bits per heavy atom. The standard InChI is InChI=1S/C17H22FNO3/c1-11-16(21-2)22-17(20)19(11)15-9-5-13(6-10-15)12-3-7-14(18)8-4-12/h5-6,9-12,14,16H,3-4,7-8H2,1-2H3. The summed E-state index contributed by atoms with van der Waals surface area (Å²) in [6, 6.07) is 7.79. The van der Waals surface area contributed by atoms with Crippen molar-refractivity contribution in [2.75, 3.05) is 12.0 Å². The summed E-state index contributed by atoms with van der Waals surface area (Å²) in [5.41, 5.74) is 2.03. The summed E-state index contributed by atoms with van der Waals surface area (Å²) in [5, 5.41) is 0. The number of halogens is 1. The number of hydrogen-bond donors (Lipinski definition) is 0. The van der Waals surface area contributed by atoms with E-state index in [0.29, 0.717) is 18.8 Å². The minimum Gasteiger partial charge on any atom is -0.417 e. The first-order chi connectivity index (χ1) is 10.6. The monoisotopic (exact) mass is 307 g/mol. The van der Waals surface area contributed by atoms with Gasteiger partial charge in [0.15, 0.2) is 0 Å². The van der Waals surface area contributed by atoms with E-state index in [4.69, 9.17) is 9.47 Å². The molecule has 1 amide bonds. The van der Waals surface area contributed by atoms with Crippen LogP contribution in [0.3, 0.4) is 0 Å². The molecule has 22 heavy (non-hydrogen) atoms. The van der Waals surface area contributed by atoms with Gasteiger partial charge in [-0.2, -0.15) is 0 Å². The van der Waals surface area contributed by atoms with Gasteiger partial charge in [0.1, 0.15) is 12.2 Å². The number of carbonyl (C=O) groups is 1. The van der Waals surface area contributed by atoms with Gasteiger partial charge < -0.3 is 9.47 Å². The molecule has 0 radical (unpaired) electrons. The summed E-state index contributed by atoms with van der Waals surface area (Å²) in [5.74, 6) is 0.427. The number of ether oxygens (including phenoxy) is 2. The average molecular weight is 307 g/mol. The van der Waals surface area contributed by atoms with E-state index in [1.807, 2.05) is 31.2 Å². The molecule has 5 heteroatoms. The Hall–Kier alpha value is -1.62. The Balaban J connectivity index is 1.73. The second kappa shape index (κ2) is 6.24. The lowest BCUT2D eigenvalue weighted by Gasteiger charge is -2.25. The zero-order valence-corrected chi connectivity index (χ0v) is 13.0. The highest BCUT2D eigenvalue weighted by Gasteiger charge is 2.39. The summed E-state index contributed by atoms with van der Waals surface area (Å²) in [6.45, 7) is 1.90. The lowest BCUT2D eigenvalue weighted by molar-refractivity contribution is -0.0640. The molecule has 120 valence electrons. The first-order valence-electron chi connectivity index (χ1n) is 7.87. The molecule has 0 spiro atoms. The third kappa shape index (κ3) is 2.82. The number of carbonyl (C=O) groups excluding carboxylic acids is 1. The fourth-order valence-electron chi connectivity index (χ4n) is 3.42. The minimum atomic E-state index is -0.637. The topological polar surface area (TPSA) is 38.8 Å². The van der Waals surface area contributed by atoms with E-state index in [2.05, 4.69) is 0 Å². The fraction of sp³-hybridized carbons (Fsp3) is 0.588. The van der Waals surface area contributed by atoms with Crippen LogP contribution in [0, 0.1) is 0 Å². The smallest absolute Gasteiger partial charge is 0.417 e. The molecule has 0 N–H and O–H groups in total. The Bertz CT molecular complexity index is 525. The Morgan fingerprint density at radius 2 is 1.82 bits per heavy atom. The van der Waals surface area contributed by atoms with Crippen LogP contribution in [0.25, 0.3) is 0 Å². The number of anilines is 1. The van der Waals surface area contributed by atoms with Crippen molar-refractivity contribution in [3.05, 3.63) is 29.8 Å². The largest absolute Gasteiger partial charge is 0.417 e. The SMILES string of the molecule is COC1OC(=O)N(c2ccc(C3CCC(F)CC3)cc2)C1C. The van der Waals surface area contributed by atoms with Gasteiger partial charge in [0.05, 0.1) is 0 Å². The molecule has 0 bridgehead atoms. The van der Waals surface area contributed by atoms with Crippen LogP contribution in [-0.4, -0.2) is 31.7 Å². The minimum absolute atomic E-state index is 0.162. The summed E-state index contributed by atoms with van der Waals surface area (Å²) in [6.07, 6.45) is 1.54. The lowest BCUT2D eigenvalue weighted by Crippen LogP contribution is -2.34. The van der Waals surface area contributed by atoms with Gasteiger partial charge in [-0.1, -0.05) is 12.1 Å². The maximum absolute atomic E-state index is 13.2. The third-order valence-corrected chi connectivity index (χ3v) is 4.75. The van der Waals surface area contributed by atoms with Crippen molar-refractivity contribution in [2.45, 2.75) is 57.0 Å². The van der Waals surface area contributed by atoms with E-state index in [0.717, 1.165) is 18.5 Å². The van der Waals surface area contributed by atoms with Gasteiger partial charge >= 0.3 is 6.09 Å². The number of nitrogens with zero attached hydrogens (tertiary/aromatic N) is 1. The van der Waals surface area contributed by atoms with Crippen LogP contribution < -0.4 is 4.90 Å². The molecule has 1 aromatic carbocycles. The van der Waals surface area contributed by atoms with E-state index in [1.54, 1.807) is 4.90 Å². The quantitative estimate of drug-likeness (QED) is 0.847. The molecule has 1 saturated heterocycles. The Labute approximate surface area is 130 Å². The van der Waals surface area contributed by atoms with Gasteiger partial charge in [0.2, 0.25) is 6.29 Å². The summed E-state index contributed by atoms with van der Waals surface area (Å²) < 4.78 is 23.6. The van der Waals surface area contributed by atoms with Gasteiger partial charge in [-0.25, -0.2) is 9.18 Å². The molecular formula is C17H22FNO3. The summed E-state index contributed by atoms with van der Waals surface area (Å²) in [7, 11) is 1.53. The predicted octanol–water partition coefficient (Wildman–Crippen LogP) is 4.00. The molecule has 2 unspecified atom stereocenters. The van der Waals surface area contributed by atoms with Crippen LogP contribution in [0.5, 0.6) is 0 Å². The van der Waals surface area contributed by atoms with Crippen molar-refractivity contribution >= 4 is 11.8 Å². The number of hydrogen-bond acceptors (Lipinski definition) is 3. The average Bonchev–Trinajstić information content (AvgIpc) is 2.82. The molecule has 2 atom stereocenters. The van der Waals surface area contributed by atoms with Crippen molar-refractivity contribution in [1.82, 2.24) is 0 Å². The van der Waals surface area contributed by atoms with Gasteiger partial charge in [-0.05, 0) is 56.2 Å². The van der Waals surface area contributed by atoms with Gasteiger partial charge in [-0.15, -0.1) is 0 Å². The molecule has 4 nitrogen and oxygen atoms in total. The Kier molecular flexibility index (Phi) is 4.34. The van der Waals surface area contributed by atoms with Crippen LogP contribution in [0.2, 0.25) is 0 Å². The number of cyclic esters (lactones) is 1. The molecule has 2 aliphatic rings. The van der Waals surface area contributed by atoms with E-state index >= 15 is 0 Å². The summed E-state index contributed by atoms with van der Waals surface area (Å²) >= 11 is 0. The van der Waals surface area contributed by atoms with E-state index < -0.39 is 12.5 Å². The second-order valence-electron chi connectivity index (χ2n) is 6.14. The molecule has 1 saturated carbocycles. The highest BCUT2D eigenvalue weighted by molar-refractivity contribution is 5.90. The highest BCUT2D eigenvalue weighted by Crippen LogP contribution is 2.35. The molecule has 1 aliphatic carbocycles. The molecule has 1 heterocycles. The number of benzene rings is 1. The van der Waals surface area contributed by atoms with Crippen molar-refractivity contribution in [3.63, 3.8) is 0 Å². The maximum atomic E-state index is 13.2. The first-order valence-corrected chi connectivity index (χ1v) is 7.87. The number of amides is 1. The number of alkyl halides is 1. The normalized spacial score (nSPS) is 32.1. The van der Waals surface area contributed by atoms with E-state index in [-0.39, 0.29) is 12.1 Å². The van der Waals surface area contributed by atoms with E-state index in [9.17, 15) is 9.18 Å². The molecule has 1 aliphatic heterocycles. The summed E-state index contributed by atoms with van der Waals surface area (Å²) in [4.78, 5) is 13.6. The zero-order valence-electron chi connectivity index (χ0n) is 13.0. The van der Waals surface area contributed by atoms with Crippen molar-refractivity contribution in [1.29, 1.82) is 0 Å². The van der Waals surface area contributed by atoms with Crippen molar-refractivity contribution < 1.29 is 18.7 Å². The second-order valence-corrected chi connectivity index (χ2v) is 6.14. The van der Waals surface area contributed by atoms with Crippen LogP contribution >= 0.6 is 0 Å². The number of methoxy groups -OCH3 is 1. The molecule has 2 fully saturated rings. The molecular weight excluding hydrogens is 285 g/mol. The van der Waals surface area contributed by atoms with E-state index in [1.165, 1.54) is 12.7 Å². The third-order valence-electron chi connectivity index (χ3n) is 4.75. The van der Waals surface area contributed by atoms with Gasteiger partial charge in [-0.3, -0.25) is 4.90 Å². The van der Waals surface area contributed by atoms with Crippen LogP contribution in [-0.2, 0) is 9.47 Å². The van der Waals surface area contributed by atoms with Crippen molar-refractivity contribution in [3.8, 4) is 0 Å². The van der Waals surface area contributed by atoms with Crippen LogP contribution in [0.15, 0.2) is 24.3 Å². The Morgan fingerprint density at radius 3 is 2.36 bits per heavy atom. The zero-order chi connectivity index (χ0) is 15.7. The van der Waals surface area contributed by atoms with Gasteiger partial charge in [0.25, 0.3) is 0 Å². The maximum Gasteiger partial charge on any atom is 0.417 e. The van der Waals surface area contributed by atoms with Crippen LogP contribution in [0.1, 0.15) is 44.1 Å². The fourth-order valence-corrected chi connectivity index (χ4v) is 3.42. The predicted molar refractivity (Wildman–Crippen MR) is 81.8 cm³/mol. The van der Waals surface area contributed by atoms with Crippen molar-refractivity contribution in [2.24, 2.45) is 0 Å². The highest BCUT2D eigenvalue weighted by atomic mass is 19.1. The molecule has 0 aromatic heterocycles. The number of rotatable bonds is 3. The first kappa shape index (κ1) is 15.3.